The van der Waals surface area contributed by atoms with Crippen LogP contribution in [0.25, 0.3) is 11.3 Å². The number of aromatic nitrogens is 2. The van der Waals surface area contributed by atoms with Crippen LogP contribution in [0.2, 0.25) is 0 Å². The van der Waals surface area contributed by atoms with Gasteiger partial charge in [0.15, 0.2) is 0 Å². The van der Waals surface area contributed by atoms with Gasteiger partial charge in [0.2, 0.25) is 0 Å². The van der Waals surface area contributed by atoms with Gasteiger partial charge in [0.05, 0.1) is 12.1 Å². The Morgan fingerprint density at radius 1 is 1.13 bits per heavy atom. The van der Waals surface area contributed by atoms with Gasteiger partial charge in [0.25, 0.3) is 0 Å². The van der Waals surface area contributed by atoms with Gasteiger partial charge in [-0.2, -0.15) is 0 Å². The number of carbonyl (C=O) groups is 1. The van der Waals surface area contributed by atoms with Crippen molar-refractivity contribution in [2.75, 3.05) is 0 Å². The van der Waals surface area contributed by atoms with Crippen LogP contribution in [0.1, 0.15) is 29.8 Å². The third kappa shape index (κ3) is 3.71. The highest BCUT2D eigenvalue weighted by Crippen LogP contribution is 2.25. The van der Waals surface area contributed by atoms with E-state index in [2.05, 4.69) is 16.9 Å². The normalized spacial score (nSPS) is 12.0. The molecule has 1 unspecified atom stereocenters. The molecule has 23 heavy (non-hydrogen) atoms. The number of hydrogen-bond acceptors (Lipinski definition) is 4. The smallest absolute Gasteiger partial charge is 0.147 e. The second kappa shape index (κ2) is 7.29. The zero-order chi connectivity index (χ0) is 16.1. The summed E-state index contributed by atoms with van der Waals surface area (Å²) in [7, 11) is 0. The Labute approximate surface area is 140 Å². The lowest BCUT2D eigenvalue weighted by atomic mass is 9.91. The summed E-state index contributed by atoms with van der Waals surface area (Å²) in [6, 6.07) is 13.8. The summed E-state index contributed by atoms with van der Waals surface area (Å²) >= 11 is 1.54. The Kier molecular flexibility index (Phi) is 4.93. The maximum Gasteiger partial charge on any atom is 0.147 e. The number of thiazole rings is 1. The summed E-state index contributed by atoms with van der Waals surface area (Å²) in [5, 5.41) is 2.87. The van der Waals surface area contributed by atoms with Gasteiger partial charge in [-0.15, -0.1) is 11.3 Å². The zero-order valence-electron chi connectivity index (χ0n) is 13.0. The van der Waals surface area contributed by atoms with Gasteiger partial charge in [0.1, 0.15) is 10.8 Å². The van der Waals surface area contributed by atoms with Crippen LogP contribution < -0.4 is 0 Å². The minimum absolute atomic E-state index is 0.0514. The van der Waals surface area contributed by atoms with Crippen LogP contribution >= 0.6 is 11.3 Å². The highest BCUT2D eigenvalue weighted by atomic mass is 32.1. The molecule has 3 nitrogen and oxygen atoms in total. The molecule has 1 atom stereocenters. The summed E-state index contributed by atoms with van der Waals surface area (Å²) in [6.45, 7) is 2.06. The van der Waals surface area contributed by atoms with E-state index in [1.54, 1.807) is 23.7 Å². The van der Waals surface area contributed by atoms with Crippen LogP contribution in [0.4, 0.5) is 0 Å². The molecule has 0 aliphatic carbocycles. The van der Waals surface area contributed by atoms with Crippen molar-refractivity contribution in [3.63, 3.8) is 0 Å². The Morgan fingerprint density at radius 3 is 2.57 bits per heavy atom. The fourth-order valence-corrected chi connectivity index (χ4v) is 3.47. The largest absolute Gasteiger partial charge is 0.299 e. The van der Waals surface area contributed by atoms with Crippen molar-refractivity contribution in [1.82, 2.24) is 9.97 Å². The van der Waals surface area contributed by atoms with Crippen molar-refractivity contribution in [3.8, 4) is 11.3 Å². The van der Waals surface area contributed by atoms with Crippen molar-refractivity contribution in [1.29, 1.82) is 0 Å². The van der Waals surface area contributed by atoms with E-state index in [0.29, 0.717) is 6.42 Å². The molecule has 0 N–H and O–H groups in total. The first-order valence-corrected chi connectivity index (χ1v) is 8.58. The first kappa shape index (κ1) is 15.6. The number of hydrogen-bond donors (Lipinski definition) is 0. The lowest BCUT2D eigenvalue weighted by Gasteiger charge is -2.13. The molecular formula is C19H18N2OS. The first-order chi connectivity index (χ1) is 11.3. The van der Waals surface area contributed by atoms with Gasteiger partial charge in [-0.3, -0.25) is 9.78 Å². The predicted octanol–water partition coefficient (Wildman–Crippen LogP) is 4.51. The third-order valence-corrected chi connectivity index (χ3v) is 4.70. The molecule has 0 saturated carbocycles. The number of ketones is 1. The lowest BCUT2D eigenvalue weighted by molar-refractivity contribution is -0.119. The Hall–Kier alpha value is -2.33. The van der Waals surface area contributed by atoms with E-state index in [1.807, 2.05) is 47.8 Å². The number of carbonyl (C=O) groups excluding carboxylic acids is 1. The van der Waals surface area contributed by atoms with Crippen LogP contribution in [0, 0.1) is 0 Å². The van der Waals surface area contributed by atoms with Crippen molar-refractivity contribution in [3.05, 3.63) is 70.8 Å². The minimum atomic E-state index is -0.0514. The van der Waals surface area contributed by atoms with Gasteiger partial charge in [-0.25, -0.2) is 4.98 Å². The maximum atomic E-state index is 12.6. The van der Waals surface area contributed by atoms with Crippen LogP contribution in [0.5, 0.6) is 0 Å². The molecule has 3 rings (SSSR count). The van der Waals surface area contributed by atoms with E-state index >= 15 is 0 Å². The van der Waals surface area contributed by atoms with Gasteiger partial charge in [-0.1, -0.05) is 37.3 Å². The molecule has 2 aromatic heterocycles. The fourth-order valence-electron chi connectivity index (χ4n) is 2.65. The molecule has 0 radical (unpaired) electrons. The molecule has 0 fully saturated rings. The van der Waals surface area contributed by atoms with Crippen molar-refractivity contribution in [2.45, 2.75) is 25.7 Å². The molecule has 0 bridgehead atoms. The number of rotatable bonds is 6. The molecule has 0 amide bonds. The van der Waals surface area contributed by atoms with Gasteiger partial charge in [-0.05, 0) is 24.1 Å². The monoisotopic (exact) mass is 322 g/mol. The molecule has 0 saturated heterocycles. The van der Waals surface area contributed by atoms with E-state index in [-0.39, 0.29) is 11.7 Å². The van der Waals surface area contributed by atoms with Gasteiger partial charge >= 0.3 is 0 Å². The molecule has 116 valence electrons. The van der Waals surface area contributed by atoms with Crippen LogP contribution in [-0.4, -0.2) is 15.8 Å². The molecule has 0 aliphatic heterocycles. The Bertz CT molecular complexity index is 768. The standard InChI is InChI=1S/C19H18N2OS/c1-2-16(14-6-4-3-5-7-14)18(22)12-19-21-17(13-23-19)15-8-10-20-11-9-15/h3-11,13,16H,2,12H2,1H3. The third-order valence-electron chi connectivity index (χ3n) is 3.85. The Balaban J connectivity index is 1.74. The summed E-state index contributed by atoms with van der Waals surface area (Å²) in [5.74, 6) is 0.179. The molecular weight excluding hydrogens is 304 g/mol. The van der Waals surface area contributed by atoms with Crippen molar-refractivity contribution in [2.24, 2.45) is 0 Å². The van der Waals surface area contributed by atoms with E-state index in [1.165, 1.54) is 0 Å². The lowest BCUT2D eigenvalue weighted by Crippen LogP contribution is -2.14. The summed E-state index contributed by atoms with van der Waals surface area (Å²) in [6.07, 6.45) is 4.71. The number of benzene rings is 1. The molecule has 1 aromatic carbocycles. The molecule has 3 aromatic rings. The summed E-state index contributed by atoms with van der Waals surface area (Å²) in [4.78, 5) is 21.3. The quantitative estimate of drug-likeness (QED) is 0.670. The topological polar surface area (TPSA) is 42.9 Å². The average molecular weight is 322 g/mol. The van der Waals surface area contributed by atoms with Crippen LogP contribution in [0.3, 0.4) is 0 Å². The summed E-state index contributed by atoms with van der Waals surface area (Å²) in [5.41, 5.74) is 3.03. The highest BCUT2D eigenvalue weighted by Gasteiger charge is 2.20. The van der Waals surface area contributed by atoms with Crippen LogP contribution in [-0.2, 0) is 11.2 Å². The maximum absolute atomic E-state index is 12.6. The molecule has 0 aliphatic rings. The van der Waals surface area contributed by atoms with E-state index in [9.17, 15) is 4.79 Å². The van der Waals surface area contributed by atoms with Gasteiger partial charge in [0, 0.05) is 29.3 Å². The number of pyridine rings is 1. The SMILES string of the molecule is CCC(C(=O)Cc1nc(-c2ccncc2)cs1)c1ccccc1. The summed E-state index contributed by atoms with van der Waals surface area (Å²) < 4.78 is 0. The Morgan fingerprint density at radius 2 is 1.87 bits per heavy atom. The molecule has 0 spiro atoms. The van der Waals surface area contributed by atoms with Crippen molar-refractivity contribution >= 4 is 17.1 Å². The van der Waals surface area contributed by atoms with E-state index in [0.717, 1.165) is 28.2 Å². The van der Waals surface area contributed by atoms with E-state index in [4.69, 9.17) is 0 Å². The average Bonchev–Trinajstić information content (AvgIpc) is 3.06. The predicted molar refractivity (Wildman–Crippen MR) is 93.5 cm³/mol. The van der Waals surface area contributed by atoms with Crippen LogP contribution in [0.15, 0.2) is 60.2 Å². The first-order valence-electron chi connectivity index (χ1n) is 7.70. The second-order valence-corrected chi connectivity index (χ2v) is 6.32. The minimum Gasteiger partial charge on any atom is -0.299 e. The molecule has 4 heteroatoms. The zero-order valence-corrected chi connectivity index (χ0v) is 13.8. The molecule has 2 heterocycles. The number of nitrogens with zero attached hydrogens (tertiary/aromatic N) is 2. The number of Topliss-reactive ketones (excluding diaryl/α,β-unsaturated/α-hetero) is 1. The highest BCUT2D eigenvalue weighted by molar-refractivity contribution is 7.10. The van der Waals surface area contributed by atoms with Crippen molar-refractivity contribution < 1.29 is 4.79 Å². The fraction of sp³-hybridized carbons (Fsp3) is 0.211. The second-order valence-electron chi connectivity index (χ2n) is 5.38. The van der Waals surface area contributed by atoms with Gasteiger partial charge < -0.3 is 0 Å². The van der Waals surface area contributed by atoms with E-state index < -0.39 is 0 Å².